The molecule has 0 amide bonds. The lowest BCUT2D eigenvalue weighted by molar-refractivity contribution is 0.581. The Morgan fingerprint density at radius 2 is 1.77 bits per heavy atom. The highest BCUT2D eigenvalue weighted by Gasteiger charge is 2.18. The molecule has 1 aliphatic carbocycles. The smallest absolute Gasteiger partial charge is 0.240 e. The largest absolute Gasteiger partial charge is 0.249 e. The second kappa shape index (κ2) is 7.01. The van der Waals surface area contributed by atoms with E-state index in [4.69, 9.17) is 0 Å². The van der Waals surface area contributed by atoms with Gasteiger partial charge in [-0.05, 0) is 53.6 Å². The molecular formula is C19H20N4O2S. The van der Waals surface area contributed by atoms with E-state index in [0.717, 1.165) is 36.0 Å². The first-order valence-corrected chi connectivity index (χ1v) is 10.1. The van der Waals surface area contributed by atoms with Gasteiger partial charge in [0.1, 0.15) is 12.7 Å². The number of aryl methyl sites for hydroxylation is 2. The Hall–Kier alpha value is -2.51. The molecule has 0 aliphatic heterocycles. The Morgan fingerprint density at radius 1 is 1.00 bits per heavy atom. The van der Waals surface area contributed by atoms with Crippen molar-refractivity contribution in [1.29, 1.82) is 0 Å². The number of benzene rings is 2. The van der Waals surface area contributed by atoms with E-state index in [1.54, 1.807) is 17.1 Å². The van der Waals surface area contributed by atoms with Crippen LogP contribution in [0.2, 0.25) is 0 Å². The molecule has 7 heteroatoms. The van der Waals surface area contributed by atoms with Gasteiger partial charge in [0.15, 0.2) is 0 Å². The van der Waals surface area contributed by atoms with Crippen LogP contribution in [0, 0.1) is 0 Å². The molecular weight excluding hydrogens is 348 g/mol. The Morgan fingerprint density at radius 3 is 2.54 bits per heavy atom. The third-order valence-electron chi connectivity index (χ3n) is 4.68. The van der Waals surface area contributed by atoms with Crippen molar-refractivity contribution in [2.75, 3.05) is 0 Å². The fourth-order valence-corrected chi connectivity index (χ4v) is 4.31. The summed E-state index contributed by atoms with van der Waals surface area (Å²) in [6.45, 7) is 0.907. The number of hydrogen-bond donors (Lipinski definition) is 1. The first-order chi connectivity index (χ1) is 12.6. The molecule has 0 radical (unpaired) electrons. The molecule has 134 valence electrons. The van der Waals surface area contributed by atoms with Crippen LogP contribution in [-0.2, 0) is 36.0 Å². The molecule has 0 saturated carbocycles. The molecule has 0 spiro atoms. The molecule has 1 aliphatic rings. The summed E-state index contributed by atoms with van der Waals surface area (Å²) in [5.41, 5.74) is 4.43. The lowest BCUT2D eigenvalue weighted by atomic mass is 10.1. The van der Waals surface area contributed by atoms with E-state index in [1.807, 2.05) is 36.4 Å². The third-order valence-corrected chi connectivity index (χ3v) is 6.08. The van der Waals surface area contributed by atoms with Crippen molar-refractivity contribution in [3.63, 3.8) is 0 Å². The van der Waals surface area contributed by atoms with Crippen molar-refractivity contribution in [3.05, 3.63) is 77.4 Å². The Kier molecular flexibility index (Phi) is 4.57. The first kappa shape index (κ1) is 16.9. The summed E-state index contributed by atoms with van der Waals surface area (Å²) in [6.07, 6.45) is 6.28. The van der Waals surface area contributed by atoms with Gasteiger partial charge in [-0.1, -0.05) is 30.3 Å². The van der Waals surface area contributed by atoms with Crippen molar-refractivity contribution in [2.24, 2.45) is 0 Å². The second-order valence-electron chi connectivity index (χ2n) is 6.52. The van der Waals surface area contributed by atoms with Gasteiger partial charge < -0.3 is 0 Å². The second-order valence-corrected chi connectivity index (χ2v) is 8.29. The van der Waals surface area contributed by atoms with Gasteiger partial charge >= 0.3 is 0 Å². The maximum Gasteiger partial charge on any atom is 0.240 e. The lowest BCUT2D eigenvalue weighted by Crippen LogP contribution is -2.23. The van der Waals surface area contributed by atoms with Gasteiger partial charge in [0.05, 0.1) is 11.4 Å². The quantitative estimate of drug-likeness (QED) is 0.724. The van der Waals surface area contributed by atoms with Gasteiger partial charge in [0.2, 0.25) is 10.0 Å². The van der Waals surface area contributed by atoms with Crippen molar-refractivity contribution >= 4 is 10.0 Å². The summed E-state index contributed by atoms with van der Waals surface area (Å²) >= 11 is 0. The Labute approximate surface area is 153 Å². The zero-order valence-corrected chi connectivity index (χ0v) is 15.1. The number of fused-ring (bicyclic) bond motifs is 1. The van der Waals surface area contributed by atoms with E-state index in [1.165, 1.54) is 11.9 Å². The fraction of sp³-hybridized carbons (Fsp3) is 0.263. The van der Waals surface area contributed by atoms with Crippen LogP contribution >= 0.6 is 0 Å². The minimum absolute atomic E-state index is 0.267. The summed E-state index contributed by atoms with van der Waals surface area (Å²) in [6, 6.07) is 13.3. The van der Waals surface area contributed by atoms with E-state index in [0.29, 0.717) is 11.4 Å². The molecule has 4 rings (SSSR count). The molecule has 0 atom stereocenters. The molecule has 26 heavy (non-hydrogen) atoms. The molecule has 2 aromatic carbocycles. The van der Waals surface area contributed by atoms with Crippen LogP contribution in [0.1, 0.15) is 28.7 Å². The zero-order valence-electron chi connectivity index (χ0n) is 14.3. The highest BCUT2D eigenvalue weighted by atomic mass is 32.2. The molecule has 1 aromatic heterocycles. The summed E-state index contributed by atoms with van der Waals surface area (Å²) in [4.78, 5) is 4.27. The van der Waals surface area contributed by atoms with Crippen LogP contribution < -0.4 is 4.72 Å². The molecule has 0 bridgehead atoms. The molecule has 3 aromatic rings. The van der Waals surface area contributed by atoms with Gasteiger partial charge in [-0.3, -0.25) is 0 Å². The predicted octanol–water partition coefficient (Wildman–Crippen LogP) is 2.29. The van der Waals surface area contributed by atoms with E-state index in [-0.39, 0.29) is 6.54 Å². The van der Waals surface area contributed by atoms with E-state index in [2.05, 4.69) is 14.8 Å². The van der Waals surface area contributed by atoms with Gasteiger partial charge in [-0.2, -0.15) is 5.10 Å². The molecule has 0 saturated heterocycles. The summed E-state index contributed by atoms with van der Waals surface area (Å²) in [5.74, 6) is 0. The van der Waals surface area contributed by atoms with E-state index in [9.17, 15) is 8.42 Å². The van der Waals surface area contributed by atoms with Crippen LogP contribution in [0.4, 0.5) is 0 Å². The monoisotopic (exact) mass is 368 g/mol. The topological polar surface area (TPSA) is 76.9 Å². The minimum atomic E-state index is -3.50. The maximum absolute atomic E-state index is 12.6. The molecule has 6 nitrogen and oxygen atoms in total. The standard InChI is InChI=1S/C19H20N4O2S/c24-26(25,19-9-8-17-2-1-3-18(17)10-19)22-11-15-4-6-16(7-5-15)12-23-14-20-13-21-23/h4-10,13-14,22H,1-3,11-12H2. The number of nitrogens with one attached hydrogen (secondary N) is 1. The number of nitrogens with zero attached hydrogens (tertiary/aromatic N) is 3. The lowest BCUT2D eigenvalue weighted by Gasteiger charge is -2.09. The maximum atomic E-state index is 12.6. The van der Waals surface area contributed by atoms with Gasteiger partial charge in [-0.25, -0.2) is 22.8 Å². The number of aromatic nitrogens is 3. The Balaban J connectivity index is 1.41. The average Bonchev–Trinajstić information content (AvgIpc) is 3.32. The normalized spacial score (nSPS) is 13.7. The predicted molar refractivity (Wildman–Crippen MR) is 98.1 cm³/mol. The summed E-state index contributed by atoms with van der Waals surface area (Å²) in [7, 11) is -3.50. The summed E-state index contributed by atoms with van der Waals surface area (Å²) < 4.78 is 29.5. The first-order valence-electron chi connectivity index (χ1n) is 8.62. The Bertz CT molecular complexity index is 997. The summed E-state index contributed by atoms with van der Waals surface area (Å²) in [5, 5.41) is 4.07. The molecule has 0 fully saturated rings. The number of sulfonamides is 1. The number of rotatable bonds is 6. The highest BCUT2D eigenvalue weighted by Crippen LogP contribution is 2.24. The SMILES string of the molecule is O=S(=O)(NCc1ccc(Cn2cncn2)cc1)c1ccc2c(c1)CCC2. The van der Waals surface area contributed by atoms with Crippen molar-refractivity contribution < 1.29 is 8.42 Å². The molecule has 0 unspecified atom stereocenters. The van der Waals surface area contributed by atoms with Crippen molar-refractivity contribution in [1.82, 2.24) is 19.5 Å². The number of hydrogen-bond acceptors (Lipinski definition) is 4. The van der Waals surface area contributed by atoms with Crippen LogP contribution in [0.3, 0.4) is 0 Å². The van der Waals surface area contributed by atoms with E-state index >= 15 is 0 Å². The van der Waals surface area contributed by atoms with Crippen molar-refractivity contribution in [2.45, 2.75) is 37.2 Å². The third kappa shape index (κ3) is 3.68. The fourth-order valence-electron chi connectivity index (χ4n) is 3.24. The van der Waals surface area contributed by atoms with Gasteiger partial charge in [-0.15, -0.1) is 0 Å². The van der Waals surface area contributed by atoms with Crippen LogP contribution in [-0.4, -0.2) is 23.2 Å². The van der Waals surface area contributed by atoms with Crippen LogP contribution in [0.15, 0.2) is 60.0 Å². The van der Waals surface area contributed by atoms with E-state index < -0.39 is 10.0 Å². The van der Waals surface area contributed by atoms with Crippen molar-refractivity contribution in [3.8, 4) is 0 Å². The zero-order chi connectivity index (χ0) is 18.0. The van der Waals surface area contributed by atoms with Crippen LogP contribution in [0.5, 0.6) is 0 Å². The molecule has 1 N–H and O–H groups in total. The van der Waals surface area contributed by atoms with Gasteiger partial charge in [0.25, 0.3) is 0 Å². The molecule has 1 heterocycles. The minimum Gasteiger partial charge on any atom is -0.249 e. The van der Waals surface area contributed by atoms with Gasteiger partial charge in [0, 0.05) is 6.54 Å². The van der Waals surface area contributed by atoms with Crippen LogP contribution in [0.25, 0.3) is 0 Å². The average molecular weight is 368 g/mol. The highest BCUT2D eigenvalue weighted by molar-refractivity contribution is 7.89.